The van der Waals surface area contributed by atoms with Crippen molar-refractivity contribution in [3.05, 3.63) is 65.0 Å². The SMILES string of the molecule is Cc1cc(F)ccc1NC(=O)C1Cc2ccccc2C(=O)O1. The van der Waals surface area contributed by atoms with Gasteiger partial charge in [-0.1, -0.05) is 18.2 Å². The highest BCUT2D eigenvalue weighted by Gasteiger charge is 2.31. The van der Waals surface area contributed by atoms with Gasteiger partial charge >= 0.3 is 5.97 Å². The molecule has 1 heterocycles. The van der Waals surface area contributed by atoms with E-state index in [1.54, 1.807) is 25.1 Å². The number of carbonyl (C=O) groups is 2. The lowest BCUT2D eigenvalue weighted by atomic mass is 9.98. The third-order valence-electron chi connectivity index (χ3n) is 3.63. The van der Waals surface area contributed by atoms with Gasteiger partial charge < -0.3 is 10.1 Å². The average Bonchev–Trinajstić information content (AvgIpc) is 2.50. The van der Waals surface area contributed by atoms with E-state index in [-0.39, 0.29) is 5.82 Å². The van der Waals surface area contributed by atoms with Crippen LogP contribution in [-0.4, -0.2) is 18.0 Å². The Kier molecular flexibility index (Phi) is 3.63. The van der Waals surface area contributed by atoms with Gasteiger partial charge in [0.05, 0.1) is 5.56 Å². The highest BCUT2D eigenvalue weighted by Crippen LogP contribution is 2.22. The lowest BCUT2D eigenvalue weighted by Gasteiger charge is -2.24. The van der Waals surface area contributed by atoms with E-state index in [0.29, 0.717) is 23.2 Å². The third kappa shape index (κ3) is 2.70. The van der Waals surface area contributed by atoms with Gasteiger partial charge in [0.25, 0.3) is 5.91 Å². The first kappa shape index (κ1) is 14.3. The lowest BCUT2D eigenvalue weighted by molar-refractivity contribution is -0.125. The Morgan fingerprint density at radius 1 is 1.27 bits per heavy atom. The van der Waals surface area contributed by atoms with Crippen LogP contribution in [0.4, 0.5) is 10.1 Å². The Hall–Kier alpha value is -2.69. The minimum Gasteiger partial charge on any atom is -0.448 e. The topological polar surface area (TPSA) is 55.4 Å². The predicted octanol–water partition coefficient (Wildman–Crippen LogP) is 2.85. The monoisotopic (exact) mass is 299 g/mol. The van der Waals surface area contributed by atoms with E-state index in [0.717, 1.165) is 5.56 Å². The molecule has 1 aliphatic rings. The van der Waals surface area contributed by atoms with Crippen molar-refractivity contribution < 1.29 is 18.7 Å². The first-order chi connectivity index (χ1) is 10.5. The fourth-order valence-corrected chi connectivity index (χ4v) is 2.46. The van der Waals surface area contributed by atoms with Crippen LogP contribution in [-0.2, 0) is 16.0 Å². The number of nitrogens with one attached hydrogen (secondary N) is 1. The maximum Gasteiger partial charge on any atom is 0.339 e. The molecular weight excluding hydrogens is 285 g/mol. The van der Waals surface area contributed by atoms with Gasteiger partial charge in [0, 0.05) is 12.1 Å². The van der Waals surface area contributed by atoms with E-state index in [1.807, 2.05) is 6.07 Å². The molecule has 0 fully saturated rings. The van der Waals surface area contributed by atoms with Gasteiger partial charge in [-0.05, 0) is 42.3 Å². The quantitative estimate of drug-likeness (QED) is 0.868. The molecule has 1 unspecified atom stereocenters. The Balaban J connectivity index is 1.78. The predicted molar refractivity (Wildman–Crippen MR) is 79.1 cm³/mol. The molecule has 112 valence electrons. The number of carbonyl (C=O) groups excluding carboxylic acids is 2. The van der Waals surface area contributed by atoms with Gasteiger partial charge in [-0.3, -0.25) is 4.79 Å². The van der Waals surface area contributed by atoms with Gasteiger partial charge in [0.1, 0.15) is 5.82 Å². The van der Waals surface area contributed by atoms with Gasteiger partial charge in [-0.2, -0.15) is 0 Å². The fraction of sp³-hybridized carbons (Fsp3) is 0.176. The lowest BCUT2D eigenvalue weighted by Crippen LogP contribution is -2.38. The number of benzene rings is 2. The van der Waals surface area contributed by atoms with Crippen molar-refractivity contribution in [2.24, 2.45) is 0 Å². The largest absolute Gasteiger partial charge is 0.448 e. The second-order valence-corrected chi connectivity index (χ2v) is 5.20. The van der Waals surface area contributed by atoms with E-state index in [4.69, 9.17) is 4.74 Å². The van der Waals surface area contributed by atoms with Crippen LogP contribution >= 0.6 is 0 Å². The number of amides is 1. The number of esters is 1. The first-order valence-electron chi connectivity index (χ1n) is 6.90. The van der Waals surface area contributed by atoms with Crippen LogP contribution in [0.25, 0.3) is 0 Å². The molecule has 0 aliphatic carbocycles. The molecule has 3 rings (SSSR count). The standard InChI is InChI=1S/C17H14FNO3/c1-10-8-12(18)6-7-14(10)19-16(20)15-9-11-4-2-3-5-13(11)17(21)22-15/h2-8,15H,9H2,1H3,(H,19,20). The summed E-state index contributed by atoms with van der Waals surface area (Å²) in [6.07, 6.45) is -0.555. The molecule has 4 nitrogen and oxygen atoms in total. The van der Waals surface area contributed by atoms with E-state index in [9.17, 15) is 14.0 Å². The molecule has 1 aliphatic heterocycles. The maximum atomic E-state index is 13.1. The minimum absolute atomic E-state index is 0.327. The fourth-order valence-electron chi connectivity index (χ4n) is 2.46. The Bertz CT molecular complexity index is 757. The Morgan fingerprint density at radius 2 is 2.05 bits per heavy atom. The molecule has 0 saturated carbocycles. The molecule has 0 bridgehead atoms. The zero-order valence-corrected chi connectivity index (χ0v) is 11.9. The highest BCUT2D eigenvalue weighted by molar-refractivity contribution is 6.00. The van der Waals surface area contributed by atoms with Crippen LogP contribution in [0.1, 0.15) is 21.5 Å². The highest BCUT2D eigenvalue weighted by atomic mass is 19.1. The number of anilines is 1. The molecule has 0 spiro atoms. The zero-order chi connectivity index (χ0) is 15.7. The molecular formula is C17H14FNO3. The summed E-state index contributed by atoms with van der Waals surface area (Å²) in [6, 6.07) is 11.1. The number of rotatable bonds is 2. The Morgan fingerprint density at radius 3 is 2.82 bits per heavy atom. The molecule has 2 aromatic rings. The van der Waals surface area contributed by atoms with Gasteiger partial charge in [0.2, 0.25) is 0 Å². The summed E-state index contributed by atoms with van der Waals surface area (Å²) < 4.78 is 18.3. The minimum atomic E-state index is -0.883. The van der Waals surface area contributed by atoms with E-state index in [2.05, 4.69) is 5.32 Å². The number of halogens is 1. The molecule has 0 aromatic heterocycles. The molecule has 0 radical (unpaired) electrons. The van der Waals surface area contributed by atoms with Crippen molar-refractivity contribution in [2.45, 2.75) is 19.4 Å². The van der Waals surface area contributed by atoms with Crippen molar-refractivity contribution in [3.63, 3.8) is 0 Å². The summed E-state index contributed by atoms with van der Waals surface area (Å²) >= 11 is 0. The number of hydrogen-bond donors (Lipinski definition) is 1. The molecule has 1 N–H and O–H groups in total. The van der Waals surface area contributed by atoms with Crippen LogP contribution in [0.3, 0.4) is 0 Å². The molecule has 2 aromatic carbocycles. The molecule has 1 amide bonds. The summed E-state index contributed by atoms with van der Waals surface area (Å²) in [6.45, 7) is 1.70. The van der Waals surface area contributed by atoms with E-state index < -0.39 is 18.0 Å². The van der Waals surface area contributed by atoms with Gasteiger partial charge in [-0.25, -0.2) is 9.18 Å². The number of hydrogen-bond acceptors (Lipinski definition) is 3. The second kappa shape index (κ2) is 5.60. The number of ether oxygens (including phenoxy) is 1. The van der Waals surface area contributed by atoms with Crippen molar-refractivity contribution in [1.29, 1.82) is 0 Å². The summed E-state index contributed by atoms with van der Waals surface area (Å²) in [5, 5.41) is 2.68. The summed E-state index contributed by atoms with van der Waals surface area (Å²) in [5.41, 5.74) is 2.39. The smallest absolute Gasteiger partial charge is 0.339 e. The van der Waals surface area contributed by atoms with Gasteiger partial charge in [0.15, 0.2) is 6.10 Å². The normalized spacial score (nSPS) is 16.6. The van der Waals surface area contributed by atoms with Crippen LogP contribution in [0, 0.1) is 12.7 Å². The Labute approximate surface area is 126 Å². The maximum absolute atomic E-state index is 13.1. The summed E-state index contributed by atoms with van der Waals surface area (Å²) in [5.74, 6) is -1.29. The van der Waals surface area contributed by atoms with Crippen LogP contribution in [0.5, 0.6) is 0 Å². The molecule has 1 atom stereocenters. The number of cyclic esters (lactones) is 1. The van der Waals surface area contributed by atoms with Crippen molar-refractivity contribution >= 4 is 17.6 Å². The molecule has 0 saturated heterocycles. The van der Waals surface area contributed by atoms with Crippen LogP contribution < -0.4 is 5.32 Å². The molecule has 22 heavy (non-hydrogen) atoms. The van der Waals surface area contributed by atoms with Crippen molar-refractivity contribution in [3.8, 4) is 0 Å². The first-order valence-corrected chi connectivity index (χ1v) is 6.90. The number of aryl methyl sites for hydroxylation is 1. The third-order valence-corrected chi connectivity index (χ3v) is 3.63. The van der Waals surface area contributed by atoms with E-state index in [1.165, 1.54) is 18.2 Å². The molecule has 5 heteroatoms. The van der Waals surface area contributed by atoms with E-state index >= 15 is 0 Å². The van der Waals surface area contributed by atoms with Gasteiger partial charge in [-0.15, -0.1) is 0 Å². The summed E-state index contributed by atoms with van der Waals surface area (Å²) in [4.78, 5) is 24.2. The zero-order valence-electron chi connectivity index (χ0n) is 11.9. The van der Waals surface area contributed by atoms with Crippen LogP contribution in [0.2, 0.25) is 0 Å². The average molecular weight is 299 g/mol. The second-order valence-electron chi connectivity index (χ2n) is 5.20. The summed E-state index contributed by atoms with van der Waals surface area (Å²) in [7, 11) is 0. The van der Waals surface area contributed by atoms with Crippen molar-refractivity contribution in [1.82, 2.24) is 0 Å². The van der Waals surface area contributed by atoms with Crippen molar-refractivity contribution in [2.75, 3.05) is 5.32 Å². The van der Waals surface area contributed by atoms with Crippen LogP contribution in [0.15, 0.2) is 42.5 Å². The number of fused-ring (bicyclic) bond motifs is 1.